The van der Waals surface area contributed by atoms with Crippen LogP contribution in [-0.4, -0.2) is 37.1 Å². The standard InChI is InChI=1S/C27H24F2N4O/c28-22-5-1-19(2-6-22)18-31-27(34)21-4-3-20-11-12-30-26(25(20)17-21)33-15-13-32(14-16-33)24-9-7-23(29)8-10-24/h1-12,17H,13-16,18H2,(H,31,34). The van der Waals surface area contributed by atoms with Crippen molar-refractivity contribution in [1.82, 2.24) is 10.3 Å². The van der Waals surface area contributed by atoms with E-state index >= 15 is 0 Å². The zero-order valence-corrected chi connectivity index (χ0v) is 18.5. The number of amides is 1. The Morgan fingerprint density at radius 1 is 0.824 bits per heavy atom. The van der Waals surface area contributed by atoms with Crippen LogP contribution in [0.25, 0.3) is 10.8 Å². The van der Waals surface area contributed by atoms with Gasteiger partial charge in [0, 0.05) is 55.6 Å². The Morgan fingerprint density at radius 3 is 2.18 bits per heavy atom. The minimum atomic E-state index is -0.303. The summed E-state index contributed by atoms with van der Waals surface area (Å²) < 4.78 is 26.3. The second kappa shape index (κ2) is 9.47. The van der Waals surface area contributed by atoms with E-state index in [9.17, 15) is 13.6 Å². The van der Waals surface area contributed by atoms with Gasteiger partial charge in [-0.15, -0.1) is 0 Å². The van der Waals surface area contributed by atoms with Gasteiger partial charge in [0.15, 0.2) is 0 Å². The van der Waals surface area contributed by atoms with Crippen LogP contribution >= 0.6 is 0 Å². The molecule has 1 amide bonds. The molecule has 1 aliphatic heterocycles. The van der Waals surface area contributed by atoms with Crippen molar-refractivity contribution in [3.8, 4) is 0 Å². The highest BCUT2D eigenvalue weighted by molar-refractivity contribution is 6.01. The molecular formula is C27H24F2N4O. The molecule has 0 radical (unpaired) electrons. The first-order valence-electron chi connectivity index (χ1n) is 11.2. The first kappa shape index (κ1) is 21.8. The third-order valence-corrected chi connectivity index (χ3v) is 6.14. The fourth-order valence-corrected chi connectivity index (χ4v) is 4.26. The molecule has 1 saturated heterocycles. The van der Waals surface area contributed by atoms with Crippen LogP contribution in [0.3, 0.4) is 0 Å². The number of fused-ring (bicyclic) bond motifs is 1. The molecule has 1 N–H and O–H groups in total. The lowest BCUT2D eigenvalue weighted by Crippen LogP contribution is -2.46. The molecule has 0 aliphatic carbocycles. The molecule has 0 atom stereocenters. The van der Waals surface area contributed by atoms with Crippen molar-refractivity contribution in [1.29, 1.82) is 0 Å². The molecule has 2 heterocycles. The van der Waals surface area contributed by atoms with Crippen LogP contribution in [0.1, 0.15) is 15.9 Å². The zero-order chi connectivity index (χ0) is 23.5. The molecule has 4 aromatic rings. The Bertz CT molecular complexity index is 1300. The number of hydrogen-bond donors (Lipinski definition) is 1. The summed E-state index contributed by atoms with van der Waals surface area (Å²) in [4.78, 5) is 21.9. The van der Waals surface area contributed by atoms with E-state index in [1.807, 2.05) is 18.2 Å². The Balaban J connectivity index is 1.31. The maximum absolute atomic E-state index is 13.2. The predicted octanol–water partition coefficient (Wildman–Crippen LogP) is 4.77. The minimum Gasteiger partial charge on any atom is -0.368 e. The number of nitrogens with zero attached hydrogens (tertiary/aromatic N) is 3. The highest BCUT2D eigenvalue weighted by atomic mass is 19.1. The Kier molecular flexibility index (Phi) is 6.08. The maximum atomic E-state index is 13.2. The van der Waals surface area contributed by atoms with Gasteiger partial charge in [-0.2, -0.15) is 0 Å². The molecule has 5 nitrogen and oxygen atoms in total. The lowest BCUT2D eigenvalue weighted by Gasteiger charge is -2.37. The van der Waals surface area contributed by atoms with Crippen molar-refractivity contribution >= 4 is 28.2 Å². The van der Waals surface area contributed by atoms with Crippen LogP contribution in [0.4, 0.5) is 20.3 Å². The molecule has 0 saturated carbocycles. The number of aromatic nitrogens is 1. The van der Waals surface area contributed by atoms with Crippen LogP contribution in [0.5, 0.6) is 0 Å². The molecule has 1 aliphatic rings. The molecular weight excluding hydrogens is 434 g/mol. The van der Waals surface area contributed by atoms with Crippen LogP contribution in [0.2, 0.25) is 0 Å². The highest BCUT2D eigenvalue weighted by Gasteiger charge is 2.20. The monoisotopic (exact) mass is 458 g/mol. The molecule has 3 aromatic carbocycles. The van der Waals surface area contributed by atoms with Crippen LogP contribution in [0.15, 0.2) is 79.0 Å². The predicted molar refractivity (Wildman–Crippen MR) is 130 cm³/mol. The molecule has 0 unspecified atom stereocenters. The second-order valence-corrected chi connectivity index (χ2v) is 8.33. The van der Waals surface area contributed by atoms with Gasteiger partial charge in [0.25, 0.3) is 5.91 Å². The van der Waals surface area contributed by atoms with Gasteiger partial charge in [0.1, 0.15) is 17.5 Å². The molecule has 1 aromatic heterocycles. The van der Waals surface area contributed by atoms with E-state index in [0.717, 1.165) is 54.0 Å². The molecule has 34 heavy (non-hydrogen) atoms. The van der Waals surface area contributed by atoms with E-state index < -0.39 is 0 Å². The summed E-state index contributed by atoms with van der Waals surface area (Å²) in [5.41, 5.74) is 2.39. The summed E-state index contributed by atoms with van der Waals surface area (Å²) in [5.74, 6) is 0.120. The van der Waals surface area contributed by atoms with Gasteiger partial charge >= 0.3 is 0 Å². The highest BCUT2D eigenvalue weighted by Crippen LogP contribution is 2.27. The number of carbonyl (C=O) groups excluding carboxylic acids is 1. The Morgan fingerprint density at radius 2 is 1.47 bits per heavy atom. The van der Waals surface area contributed by atoms with Crippen LogP contribution < -0.4 is 15.1 Å². The lowest BCUT2D eigenvalue weighted by atomic mass is 10.1. The smallest absolute Gasteiger partial charge is 0.251 e. The van der Waals surface area contributed by atoms with E-state index in [1.54, 1.807) is 36.5 Å². The average molecular weight is 459 g/mol. The second-order valence-electron chi connectivity index (χ2n) is 8.33. The summed E-state index contributed by atoms with van der Waals surface area (Å²) >= 11 is 0. The number of halogens is 2. The number of anilines is 2. The van der Waals surface area contributed by atoms with Crippen molar-refractivity contribution in [3.05, 3.63) is 102 Å². The summed E-state index contributed by atoms with van der Waals surface area (Å²) in [6, 6.07) is 20.2. The first-order valence-corrected chi connectivity index (χ1v) is 11.2. The van der Waals surface area contributed by atoms with Crippen LogP contribution in [0, 0.1) is 11.6 Å². The van der Waals surface area contributed by atoms with Gasteiger partial charge in [-0.05, 0) is 65.5 Å². The summed E-state index contributed by atoms with van der Waals surface area (Å²) in [6.07, 6.45) is 1.79. The molecule has 0 bridgehead atoms. The van der Waals surface area contributed by atoms with Crippen molar-refractivity contribution in [2.75, 3.05) is 36.0 Å². The molecule has 172 valence electrons. The zero-order valence-electron chi connectivity index (χ0n) is 18.5. The Hall–Kier alpha value is -4.00. The normalized spacial score (nSPS) is 13.8. The lowest BCUT2D eigenvalue weighted by molar-refractivity contribution is 0.0951. The van der Waals surface area contributed by atoms with Gasteiger partial charge in [0.05, 0.1) is 0 Å². The van der Waals surface area contributed by atoms with Crippen molar-refractivity contribution in [2.45, 2.75) is 6.54 Å². The fourth-order valence-electron chi connectivity index (χ4n) is 4.26. The van der Waals surface area contributed by atoms with E-state index in [0.29, 0.717) is 12.1 Å². The number of rotatable bonds is 5. The van der Waals surface area contributed by atoms with Crippen LogP contribution in [-0.2, 0) is 6.54 Å². The van der Waals surface area contributed by atoms with E-state index in [1.165, 1.54) is 24.3 Å². The minimum absolute atomic E-state index is 0.192. The van der Waals surface area contributed by atoms with Crippen molar-refractivity contribution in [3.63, 3.8) is 0 Å². The summed E-state index contributed by atoms with van der Waals surface area (Å²) in [6.45, 7) is 3.44. The third-order valence-electron chi connectivity index (χ3n) is 6.14. The fraction of sp³-hybridized carbons (Fsp3) is 0.185. The van der Waals surface area contributed by atoms with Gasteiger partial charge in [-0.25, -0.2) is 13.8 Å². The number of piperazine rings is 1. The number of benzene rings is 3. The molecule has 7 heteroatoms. The largest absolute Gasteiger partial charge is 0.368 e. The molecule has 0 spiro atoms. The molecule has 1 fully saturated rings. The average Bonchev–Trinajstić information content (AvgIpc) is 2.88. The SMILES string of the molecule is O=C(NCc1ccc(F)cc1)c1ccc2ccnc(N3CCN(c4ccc(F)cc4)CC3)c2c1. The number of pyridine rings is 1. The van der Waals surface area contributed by atoms with Crippen molar-refractivity contribution < 1.29 is 13.6 Å². The maximum Gasteiger partial charge on any atom is 0.251 e. The van der Waals surface area contributed by atoms with E-state index in [4.69, 9.17) is 0 Å². The quantitative estimate of drug-likeness (QED) is 0.468. The molecule has 5 rings (SSSR count). The topological polar surface area (TPSA) is 48.5 Å². The van der Waals surface area contributed by atoms with Gasteiger partial charge in [0.2, 0.25) is 0 Å². The summed E-state index contributed by atoms with van der Waals surface area (Å²) in [7, 11) is 0. The number of carbonyl (C=O) groups is 1. The Labute approximate surface area is 196 Å². The van der Waals surface area contributed by atoms with E-state index in [2.05, 4.69) is 20.1 Å². The van der Waals surface area contributed by atoms with Crippen molar-refractivity contribution in [2.24, 2.45) is 0 Å². The number of nitrogens with one attached hydrogen (secondary N) is 1. The number of hydrogen-bond acceptors (Lipinski definition) is 4. The summed E-state index contributed by atoms with van der Waals surface area (Å²) in [5, 5.41) is 4.84. The first-order chi connectivity index (χ1) is 16.6. The van der Waals surface area contributed by atoms with Gasteiger partial charge < -0.3 is 15.1 Å². The van der Waals surface area contributed by atoms with Gasteiger partial charge in [-0.1, -0.05) is 18.2 Å². The van der Waals surface area contributed by atoms with E-state index in [-0.39, 0.29) is 17.5 Å². The van der Waals surface area contributed by atoms with Gasteiger partial charge in [-0.3, -0.25) is 4.79 Å². The third kappa shape index (κ3) is 4.69.